The van der Waals surface area contributed by atoms with E-state index < -0.39 is 10.0 Å². The molecule has 0 amide bonds. The summed E-state index contributed by atoms with van der Waals surface area (Å²) < 4.78 is 23.2. The molecule has 0 aliphatic carbocycles. The lowest BCUT2D eigenvalue weighted by molar-refractivity contribution is 0.597. The lowest BCUT2D eigenvalue weighted by Crippen LogP contribution is -2.15. The standard InChI is InChI=1S/C12H13NO2S/c1-2-9-7-8-10-5-3-4-6-11(10)12(9)16(13,14)15/h3-8H,2H2,1H3,(H2,13,14,15). The van der Waals surface area contributed by atoms with E-state index in [0.29, 0.717) is 11.8 Å². The fraction of sp³-hybridized carbons (Fsp3) is 0.167. The van der Waals surface area contributed by atoms with Crippen LogP contribution in [0.1, 0.15) is 12.5 Å². The first-order valence-electron chi connectivity index (χ1n) is 5.07. The summed E-state index contributed by atoms with van der Waals surface area (Å²) in [6.45, 7) is 1.92. The number of nitrogens with two attached hydrogens (primary N) is 1. The molecule has 0 spiro atoms. The van der Waals surface area contributed by atoms with Gasteiger partial charge in [0.2, 0.25) is 10.0 Å². The SMILES string of the molecule is CCc1ccc2ccccc2c1S(N)(=O)=O. The minimum absolute atomic E-state index is 0.258. The van der Waals surface area contributed by atoms with Crippen molar-refractivity contribution in [3.05, 3.63) is 42.0 Å². The summed E-state index contributed by atoms with van der Waals surface area (Å²) in [5.41, 5.74) is 0.765. The largest absolute Gasteiger partial charge is 0.238 e. The van der Waals surface area contributed by atoms with Crippen LogP contribution in [0.5, 0.6) is 0 Å². The van der Waals surface area contributed by atoms with Gasteiger partial charge in [0.1, 0.15) is 0 Å². The molecule has 0 aliphatic heterocycles. The van der Waals surface area contributed by atoms with Crippen LogP contribution in [0.25, 0.3) is 10.8 Å². The maximum absolute atomic E-state index is 11.6. The number of primary sulfonamides is 1. The van der Waals surface area contributed by atoms with E-state index in [1.165, 1.54) is 0 Å². The molecule has 0 radical (unpaired) electrons. The first kappa shape index (κ1) is 11.1. The van der Waals surface area contributed by atoms with Gasteiger partial charge in [0, 0.05) is 5.39 Å². The van der Waals surface area contributed by atoms with Crippen molar-refractivity contribution in [2.75, 3.05) is 0 Å². The van der Waals surface area contributed by atoms with Crippen LogP contribution in [0.4, 0.5) is 0 Å². The van der Waals surface area contributed by atoms with E-state index in [0.717, 1.165) is 10.9 Å². The van der Waals surface area contributed by atoms with E-state index in [2.05, 4.69) is 0 Å². The zero-order valence-corrected chi connectivity index (χ0v) is 9.79. The van der Waals surface area contributed by atoms with E-state index in [-0.39, 0.29) is 4.90 Å². The summed E-state index contributed by atoms with van der Waals surface area (Å²) in [6.07, 6.45) is 0.649. The summed E-state index contributed by atoms with van der Waals surface area (Å²) >= 11 is 0. The highest BCUT2D eigenvalue weighted by molar-refractivity contribution is 7.89. The Labute approximate surface area is 94.9 Å². The second kappa shape index (κ2) is 3.88. The van der Waals surface area contributed by atoms with Crippen LogP contribution in [0, 0.1) is 0 Å². The van der Waals surface area contributed by atoms with Crippen molar-refractivity contribution in [3.63, 3.8) is 0 Å². The summed E-state index contributed by atoms with van der Waals surface area (Å²) in [7, 11) is -3.67. The first-order chi connectivity index (χ1) is 7.54. The lowest BCUT2D eigenvalue weighted by atomic mass is 10.1. The van der Waals surface area contributed by atoms with Crippen LogP contribution in [-0.2, 0) is 16.4 Å². The normalized spacial score (nSPS) is 11.9. The van der Waals surface area contributed by atoms with E-state index in [9.17, 15) is 8.42 Å². The minimum Gasteiger partial charge on any atom is -0.225 e. The van der Waals surface area contributed by atoms with Crippen LogP contribution in [-0.4, -0.2) is 8.42 Å². The Bertz CT molecular complexity index is 633. The molecule has 0 atom stereocenters. The van der Waals surface area contributed by atoms with Gasteiger partial charge in [0.25, 0.3) is 0 Å². The molecular formula is C12H13NO2S. The quantitative estimate of drug-likeness (QED) is 0.866. The van der Waals surface area contributed by atoms with Crippen LogP contribution in [0.3, 0.4) is 0 Å². The van der Waals surface area contributed by atoms with Crippen LogP contribution >= 0.6 is 0 Å². The molecule has 0 unspecified atom stereocenters. The van der Waals surface area contributed by atoms with E-state index in [1.807, 2.05) is 37.3 Å². The number of benzene rings is 2. The molecule has 16 heavy (non-hydrogen) atoms. The molecule has 0 fully saturated rings. The Kier molecular flexibility index (Phi) is 2.69. The van der Waals surface area contributed by atoms with Crippen molar-refractivity contribution in [3.8, 4) is 0 Å². The Morgan fingerprint density at radius 2 is 1.81 bits per heavy atom. The predicted molar refractivity (Wildman–Crippen MR) is 64.7 cm³/mol. The van der Waals surface area contributed by atoms with Gasteiger partial charge in [0.05, 0.1) is 4.90 Å². The minimum atomic E-state index is -3.67. The van der Waals surface area contributed by atoms with Gasteiger partial charge < -0.3 is 0 Å². The number of hydrogen-bond donors (Lipinski definition) is 1. The second-order valence-corrected chi connectivity index (χ2v) is 5.17. The molecule has 2 N–H and O–H groups in total. The highest BCUT2D eigenvalue weighted by atomic mass is 32.2. The molecule has 2 aromatic carbocycles. The van der Waals surface area contributed by atoms with Gasteiger partial charge in [-0.05, 0) is 17.4 Å². The van der Waals surface area contributed by atoms with Gasteiger partial charge in [-0.3, -0.25) is 0 Å². The Morgan fingerprint density at radius 1 is 1.12 bits per heavy atom. The van der Waals surface area contributed by atoms with Gasteiger partial charge in [-0.15, -0.1) is 0 Å². The third-order valence-electron chi connectivity index (χ3n) is 2.63. The second-order valence-electron chi connectivity index (χ2n) is 3.67. The summed E-state index contributed by atoms with van der Waals surface area (Å²) in [6, 6.07) is 11.1. The average molecular weight is 235 g/mol. The summed E-state index contributed by atoms with van der Waals surface area (Å²) in [4.78, 5) is 0.258. The molecule has 0 saturated carbocycles. The fourth-order valence-electron chi connectivity index (χ4n) is 1.90. The number of rotatable bonds is 2. The number of fused-ring (bicyclic) bond motifs is 1. The molecule has 0 bridgehead atoms. The van der Waals surface area contributed by atoms with Gasteiger partial charge in [-0.1, -0.05) is 43.3 Å². The maximum Gasteiger partial charge on any atom is 0.238 e. The Balaban J connectivity index is 2.95. The van der Waals surface area contributed by atoms with E-state index in [4.69, 9.17) is 5.14 Å². The third-order valence-corrected chi connectivity index (χ3v) is 3.68. The highest BCUT2D eigenvalue weighted by Gasteiger charge is 2.16. The van der Waals surface area contributed by atoms with Gasteiger partial charge in [0.15, 0.2) is 0 Å². The van der Waals surface area contributed by atoms with E-state index in [1.54, 1.807) is 6.07 Å². The van der Waals surface area contributed by atoms with Crippen molar-refractivity contribution < 1.29 is 8.42 Å². The molecule has 0 aromatic heterocycles. The highest BCUT2D eigenvalue weighted by Crippen LogP contribution is 2.26. The smallest absolute Gasteiger partial charge is 0.225 e. The van der Waals surface area contributed by atoms with Crippen molar-refractivity contribution >= 4 is 20.8 Å². The van der Waals surface area contributed by atoms with Gasteiger partial charge in [-0.2, -0.15) is 0 Å². The molecule has 84 valence electrons. The number of sulfonamides is 1. The van der Waals surface area contributed by atoms with Crippen molar-refractivity contribution in [1.29, 1.82) is 0 Å². The van der Waals surface area contributed by atoms with Crippen molar-refractivity contribution in [2.45, 2.75) is 18.2 Å². The molecule has 4 heteroatoms. The van der Waals surface area contributed by atoms with Crippen LogP contribution < -0.4 is 5.14 Å². The molecule has 0 saturated heterocycles. The average Bonchev–Trinajstić information content (AvgIpc) is 2.26. The van der Waals surface area contributed by atoms with Gasteiger partial charge in [-0.25, -0.2) is 13.6 Å². The lowest BCUT2D eigenvalue weighted by Gasteiger charge is -2.09. The van der Waals surface area contributed by atoms with Crippen molar-refractivity contribution in [1.82, 2.24) is 0 Å². The maximum atomic E-state index is 11.6. The van der Waals surface area contributed by atoms with Crippen molar-refractivity contribution in [2.24, 2.45) is 5.14 Å². The zero-order valence-electron chi connectivity index (χ0n) is 8.97. The summed E-state index contributed by atoms with van der Waals surface area (Å²) in [5, 5.41) is 6.86. The first-order valence-corrected chi connectivity index (χ1v) is 6.62. The number of hydrogen-bond acceptors (Lipinski definition) is 2. The van der Waals surface area contributed by atoms with Crippen LogP contribution in [0.15, 0.2) is 41.3 Å². The third kappa shape index (κ3) is 1.81. The molecule has 2 rings (SSSR count). The fourth-order valence-corrected chi connectivity index (χ4v) is 2.97. The zero-order chi connectivity index (χ0) is 11.8. The topological polar surface area (TPSA) is 60.2 Å². The van der Waals surface area contributed by atoms with Crippen LogP contribution in [0.2, 0.25) is 0 Å². The molecule has 0 aliphatic rings. The number of aryl methyl sites for hydroxylation is 1. The molecular weight excluding hydrogens is 222 g/mol. The molecule has 0 heterocycles. The Hall–Kier alpha value is -1.39. The molecule has 3 nitrogen and oxygen atoms in total. The Morgan fingerprint density at radius 3 is 2.44 bits per heavy atom. The van der Waals surface area contributed by atoms with E-state index >= 15 is 0 Å². The van der Waals surface area contributed by atoms with Gasteiger partial charge >= 0.3 is 0 Å². The molecule has 2 aromatic rings. The monoisotopic (exact) mass is 235 g/mol. The predicted octanol–water partition coefficient (Wildman–Crippen LogP) is 2.05. The summed E-state index contributed by atoms with van der Waals surface area (Å²) in [5.74, 6) is 0.